The third-order valence-corrected chi connectivity index (χ3v) is 4.26. The Morgan fingerprint density at radius 1 is 1.14 bits per heavy atom. The molecule has 3 nitrogen and oxygen atoms in total. The third kappa shape index (κ3) is 2.61. The predicted molar refractivity (Wildman–Crippen MR) is 88.3 cm³/mol. The molecule has 2 aromatic heterocycles. The first kappa shape index (κ1) is 14.6. The van der Waals surface area contributed by atoms with Gasteiger partial charge in [-0.2, -0.15) is 0 Å². The highest BCUT2D eigenvalue weighted by Gasteiger charge is 2.16. The van der Waals surface area contributed by atoms with Crippen molar-refractivity contribution in [3.63, 3.8) is 0 Å². The highest BCUT2D eigenvalue weighted by atomic mass is 35.5. The predicted octanol–water partition coefficient (Wildman–Crippen LogP) is 5.47. The van der Waals surface area contributed by atoms with E-state index in [1.54, 1.807) is 12.3 Å². The van der Waals surface area contributed by atoms with Crippen LogP contribution in [0.2, 0.25) is 15.2 Å². The molecule has 0 fully saturated rings. The number of hydrogen-bond donors (Lipinski definition) is 0. The van der Waals surface area contributed by atoms with Gasteiger partial charge in [0, 0.05) is 12.7 Å². The van der Waals surface area contributed by atoms with Gasteiger partial charge in [-0.3, -0.25) is 0 Å². The van der Waals surface area contributed by atoms with Crippen LogP contribution in [0.25, 0.3) is 22.4 Å². The van der Waals surface area contributed by atoms with Crippen molar-refractivity contribution in [2.45, 2.75) is 19.9 Å². The number of hydrogen-bond acceptors (Lipinski definition) is 2. The van der Waals surface area contributed by atoms with Crippen LogP contribution in [0, 0.1) is 0 Å². The Kier molecular flexibility index (Phi) is 4.07. The van der Waals surface area contributed by atoms with E-state index in [1.807, 2.05) is 18.2 Å². The first-order chi connectivity index (χ1) is 10.1. The van der Waals surface area contributed by atoms with Gasteiger partial charge in [0.25, 0.3) is 0 Å². The highest BCUT2D eigenvalue weighted by molar-refractivity contribution is 6.42. The molecule has 0 amide bonds. The summed E-state index contributed by atoms with van der Waals surface area (Å²) in [5.41, 5.74) is 2.55. The fourth-order valence-electron chi connectivity index (χ4n) is 2.33. The molecule has 0 atom stereocenters. The van der Waals surface area contributed by atoms with Gasteiger partial charge in [-0.25, -0.2) is 9.97 Å². The topological polar surface area (TPSA) is 30.7 Å². The van der Waals surface area contributed by atoms with E-state index in [-0.39, 0.29) is 0 Å². The van der Waals surface area contributed by atoms with Crippen LogP contribution in [0.15, 0.2) is 30.5 Å². The zero-order valence-electron chi connectivity index (χ0n) is 11.3. The number of aryl methyl sites for hydroxylation is 1. The second kappa shape index (κ2) is 5.84. The molecule has 108 valence electrons. The lowest BCUT2D eigenvalue weighted by Gasteiger charge is -2.08. The van der Waals surface area contributed by atoms with E-state index in [4.69, 9.17) is 34.8 Å². The van der Waals surface area contributed by atoms with Gasteiger partial charge in [-0.15, -0.1) is 0 Å². The Hall–Kier alpha value is -1.29. The molecule has 0 aliphatic rings. The van der Waals surface area contributed by atoms with E-state index < -0.39 is 0 Å². The van der Waals surface area contributed by atoms with Crippen molar-refractivity contribution in [1.82, 2.24) is 14.5 Å². The summed E-state index contributed by atoms with van der Waals surface area (Å²) in [5, 5.41) is 1.45. The quantitative estimate of drug-likeness (QED) is 0.592. The van der Waals surface area contributed by atoms with Crippen LogP contribution in [0.5, 0.6) is 0 Å². The van der Waals surface area contributed by atoms with Gasteiger partial charge in [-0.05, 0) is 30.7 Å². The second-order valence-corrected chi connectivity index (χ2v) is 5.86. The maximum atomic E-state index is 6.20. The van der Waals surface area contributed by atoms with Gasteiger partial charge in [0.2, 0.25) is 0 Å². The molecule has 3 aromatic rings. The van der Waals surface area contributed by atoms with Gasteiger partial charge < -0.3 is 4.57 Å². The van der Waals surface area contributed by atoms with Crippen molar-refractivity contribution in [2.24, 2.45) is 0 Å². The number of pyridine rings is 1. The molecule has 21 heavy (non-hydrogen) atoms. The molecule has 6 heteroatoms. The normalized spacial score (nSPS) is 11.2. The number of aromatic nitrogens is 3. The molecule has 0 radical (unpaired) electrons. The molecular weight excluding hydrogens is 329 g/mol. The van der Waals surface area contributed by atoms with Crippen LogP contribution in [-0.4, -0.2) is 14.5 Å². The Morgan fingerprint density at radius 2 is 1.90 bits per heavy atom. The molecule has 0 saturated carbocycles. The number of imidazole rings is 1. The minimum atomic E-state index is 0.433. The lowest BCUT2D eigenvalue weighted by Crippen LogP contribution is -2.00. The van der Waals surface area contributed by atoms with Gasteiger partial charge in [0.1, 0.15) is 11.0 Å². The summed E-state index contributed by atoms with van der Waals surface area (Å²) in [4.78, 5) is 8.78. The smallest absolute Gasteiger partial charge is 0.144 e. The lowest BCUT2D eigenvalue weighted by atomic mass is 10.2. The van der Waals surface area contributed by atoms with Crippen molar-refractivity contribution in [1.29, 1.82) is 0 Å². The monoisotopic (exact) mass is 339 g/mol. The zero-order valence-corrected chi connectivity index (χ0v) is 13.5. The minimum absolute atomic E-state index is 0.433. The average Bonchev–Trinajstić information content (AvgIpc) is 2.79. The summed E-state index contributed by atoms with van der Waals surface area (Å²) < 4.78 is 2.10. The van der Waals surface area contributed by atoms with E-state index >= 15 is 0 Å². The maximum absolute atomic E-state index is 6.20. The number of benzene rings is 1. The largest absolute Gasteiger partial charge is 0.324 e. The minimum Gasteiger partial charge on any atom is -0.324 e. The van der Waals surface area contributed by atoms with Crippen LogP contribution in [0.1, 0.15) is 13.3 Å². The van der Waals surface area contributed by atoms with Crippen LogP contribution in [0.3, 0.4) is 0 Å². The molecule has 0 saturated heterocycles. The van der Waals surface area contributed by atoms with E-state index in [9.17, 15) is 0 Å². The molecule has 0 unspecified atom stereocenters. The summed E-state index contributed by atoms with van der Waals surface area (Å²) in [6.07, 6.45) is 2.63. The highest BCUT2D eigenvalue weighted by Crippen LogP contribution is 2.33. The van der Waals surface area contributed by atoms with Crippen LogP contribution in [-0.2, 0) is 6.54 Å². The second-order valence-electron chi connectivity index (χ2n) is 4.68. The summed E-state index contributed by atoms with van der Waals surface area (Å²) >= 11 is 18.4. The molecule has 3 rings (SSSR count). The SMILES string of the molecule is CCCn1c(-c2cccnc2Cl)nc2cc(Cl)c(Cl)cc21. The Labute approximate surface area is 137 Å². The van der Waals surface area contributed by atoms with Crippen LogP contribution >= 0.6 is 34.8 Å². The average molecular weight is 341 g/mol. The third-order valence-electron chi connectivity index (χ3n) is 3.24. The fraction of sp³-hybridized carbons (Fsp3) is 0.200. The van der Waals surface area contributed by atoms with Crippen molar-refractivity contribution >= 4 is 45.8 Å². The molecule has 0 spiro atoms. The molecule has 2 heterocycles. The Morgan fingerprint density at radius 3 is 2.62 bits per heavy atom. The van der Waals surface area contributed by atoms with Crippen molar-refractivity contribution in [2.75, 3.05) is 0 Å². The Bertz CT molecular complexity index is 811. The Balaban J connectivity index is 2.32. The summed E-state index contributed by atoms with van der Waals surface area (Å²) in [6, 6.07) is 7.37. The number of nitrogens with zero attached hydrogens (tertiary/aromatic N) is 3. The zero-order chi connectivity index (χ0) is 15.0. The number of rotatable bonds is 3. The maximum Gasteiger partial charge on any atom is 0.144 e. The van der Waals surface area contributed by atoms with Crippen LogP contribution in [0.4, 0.5) is 0 Å². The standard InChI is InChI=1S/C15H12Cl3N3/c1-2-6-21-13-8-11(17)10(16)7-12(13)20-15(21)9-4-3-5-19-14(9)18/h3-5,7-8H,2,6H2,1H3. The van der Waals surface area contributed by atoms with Gasteiger partial charge in [-0.1, -0.05) is 41.7 Å². The van der Waals surface area contributed by atoms with Crippen LogP contribution < -0.4 is 0 Å². The summed E-state index contributed by atoms with van der Waals surface area (Å²) in [5.74, 6) is 0.781. The summed E-state index contributed by atoms with van der Waals surface area (Å²) in [7, 11) is 0. The number of fused-ring (bicyclic) bond motifs is 1. The first-order valence-electron chi connectivity index (χ1n) is 6.58. The van der Waals surface area contributed by atoms with Crippen molar-refractivity contribution in [3.05, 3.63) is 45.7 Å². The van der Waals surface area contributed by atoms with Gasteiger partial charge in [0.15, 0.2) is 0 Å². The van der Waals surface area contributed by atoms with E-state index in [0.717, 1.165) is 35.4 Å². The molecule has 1 aromatic carbocycles. The van der Waals surface area contributed by atoms with Gasteiger partial charge >= 0.3 is 0 Å². The lowest BCUT2D eigenvalue weighted by molar-refractivity contribution is 0.704. The summed E-state index contributed by atoms with van der Waals surface area (Å²) in [6.45, 7) is 2.92. The molecule has 0 aliphatic carbocycles. The van der Waals surface area contributed by atoms with Crippen molar-refractivity contribution < 1.29 is 0 Å². The number of halogens is 3. The first-order valence-corrected chi connectivity index (χ1v) is 7.71. The van der Waals surface area contributed by atoms with E-state index in [2.05, 4.69) is 21.5 Å². The molecular formula is C15H12Cl3N3. The van der Waals surface area contributed by atoms with E-state index in [1.165, 1.54) is 0 Å². The van der Waals surface area contributed by atoms with Gasteiger partial charge in [0.05, 0.1) is 26.6 Å². The van der Waals surface area contributed by atoms with E-state index in [0.29, 0.717) is 15.2 Å². The van der Waals surface area contributed by atoms with Crippen molar-refractivity contribution in [3.8, 4) is 11.4 Å². The molecule has 0 aliphatic heterocycles. The molecule has 0 bridgehead atoms. The fourth-order valence-corrected chi connectivity index (χ4v) is 2.85. The molecule has 0 N–H and O–H groups in total.